The summed E-state index contributed by atoms with van der Waals surface area (Å²) in [7, 11) is 0. The van der Waals surface area contributed by atoms with Gasteiger partial charge in [0.05, 0.1) is 0 Å². The predicted octanol–water partition coefficient (Wildman–Crippen LogP) is 3.55. The first kappa shape index (κ1) is 14.6. The molecular formula is C17H25BrN2. The van der Waals surface area contributed by atoms with Crippen molar-refractivity contribution in [3.63, 3.8) is 0 Å². The third-order valence-corrected chi connectivity index (χ3v) is 5.47. The lowest BCUT2D eigenvalue weighted by Gasteiger charge is -2.27. The van der Waals surface area contributed by atoms with Crippen molar-refractivity contribution < 1.29 is 0 Å². The van der Waals surface area contributed by atoms with E-state index in [2.05, 4.69) is 44.3 Å². The van der Waals surface area contributed by atoms with E-state index in [-0.39, 0.29) is 0 Å². The van der Waals surface area contributed by atoms with E-state index in [4.69, 9.17) is 0 Å². The Hall–Kier alpha value is -0.380. The molecular weight excluding hydrogens is 312 g/mol. The van der Waals surface area contributed by atoms with Gasteiger partial charge >= 0.3 is 0 Å². The van der Waals surface area contributed by atoms with Crippen molar-refractivity contribution in [3.05, 3.63) is 33.8 Å². The highest BCUT2D eigenvalue weighted by Gasteiger charge is 2.19. The maximum atomic E-state index is 3.80. The van der Waals surface area contributed by atoms with E-state index in [1.807, 2.05) is 0 Å². The minimum Gasteiger partial charge on any atom is -0.314 e. The third-order valence-electron chi connectivity index (χ3n) is 4.79. The van der Waals surface area contributed by atoms with Gasteiger partial charge in [0.2, 0.25) is 0 Å². The van der Waals surface area contributed by atoms with E-state index in [9.17, 15) is 0 Å². The Labute approximate surface area is 131 Å². The highest BCUT2D eigenvalue weighted by atomic mass is 79.9. The molecule has 110 valence electrons. The van der Waals surface area contributed by atoms with E-state index in [0.717, 1.165) is 19.0 Å². The van der Waals surface area contributed by atoms with Crippen molar-refractivity contribution in [2.75, 3.05) is 32.7 Å². The number of hydrogen-bond acceptors (Lipinski definition) is 2. The number of hydrogen-bond donors (Lipinski definition) is 1. The molecule has 2 nitrogen and oxygen atoms in total. The lowest BCUT2D eigenvalue weighted by Crippen LogP contribution is -2.44. The van der Waals surface area contributed by atoms with Crippen LogP contribution in [-0.2, 0) is 6.42 Å². The zero-order valence-electron chi connectivity index (χ0n) is 12.2. The Morgan fingerprint density at radius 3 is 2.60 bits per heavy atom. The van der Waals surface area contributed by atoms with Gasteiger partial charge in [-0.15, -0.1) is 0 Å². The largest absolute Gasteiger partial charge is 0.314 e. The van der Waals surface area contributed by atoms with Crippen LogP contribution in [0.25, 0.3) is 0 Å². The molecule has 0 spiro atoms. The molecule has 0 aromatic heterocycles. The molecule has 0 amide bonds. The Balaban J connectivity index is 1.58. The van der Waals surface area contributed by atoms with Crippen molar-refractivity contribution in [1.82, 2.24) is 10.2 Å². The molecule has 1 saturated heterocycles. The Bertz CT molecular complexity index is 435. The lowest BCUT2D eigenvalue weighted by molar-refractivity contribution is 0.244. The molecule has 1 aromatic rings. The van der Waals surface area contributed by atoms with Crippen LogP contribution in [0.5, 0.6) is 0 Å². The summed E-state index contributed by atoms with van der Waals surface area (Å²) in [4.78, 5) is 2.56. The average Bonchev–Trinajstić information content (AvgIpc) is 3.00. The first-order valence-electron chi connectivity index (χ1n) is 8.04. The minimum atomic E-state index is 0.798. The van der Waals surface area contributed by atoms with E-state index in [0.29, 0.717) is 0 Å². The fourth-order valence-electron chi connectivity index (χ4n) is 3.52. The second-order valence-corrected chi connectivity index (χ2v) is 7.03. The van der Waals surface area contributed by atoms with Crippen molar-refractivity contribution in [2.24, 2.45) is 0 Å². The first-order chi connectivity index (χ1) is 9.83. The van der Waals surface area contributed by atoms with Crippen molar-refractivity contribution >= 4 is 15.9 Å². The summed E-state index contributed by atoms with van der Waals surface area (Å²) >= 11 is 3.80. The summed E-state index contributed by atoms with van der Waals surface area (Å²) in [6, 6.07) is 7.07. The van der Waals surface area contributed by atoms with Gasteiger partial charge in [-0.2, -0.15) is 0 Å². The van der Waals surface area contributed by atoms with Crippen LogP contribution < -0.4 is 5.32 Å². The third kappa shape index (κ3) is 3.63. The monoisotopic (exact) mass is 336 g/mol. The van der Waals surface area contributed by atoms with Crippen LogP contribution in [0.3, 0.4) is 0 Å². The van der Waals surface area contributed by atoms with E-state index >= 15 is 0 Å². The minimum absolute atomic E-state index is 0.798. The second kappa shape index (κ2) is 7.06. The topological polar surface area (TPSA) is 15.3 Å². The molecule has 1 heterocycles. The highest BCUT2D eigenvalue weighted by Crippen LogP contribution is 2.37. The number of benzene rings is 1. The summed E-state index contributed by atoms with van der Waals surface area (Å²) in [5.41, 5.74) is 3.01. The molecule has 0 radical (unpaired) electrons. The van der Waals surface area contributed by atoms with Gasteiger partial charge in [0.25, 0.3) is 0 Å². The van der Waals surface area contributed by atoms with Gasteiger partial charge in [-0.05, 0) is 42.4 Å². The van der Waals surface area contributed by atoms with E-state index in [1.54, 1.807) is 0 Å². The standard InChI is InChI=1S/C17H25BrN2/c18-17-13-14(7-10-20-11-8-19-9-12-20)5-6-16(17)15-3-1-2-4-15/h5-6,13,15,19H,1-4,7-12H2. The zero-order chi connectivity index (χ0) is 13.8. The van der Waals surface area contributed by atoms with Gasteiger partial charge in [-0.25, -0.2) is 0 Å². The zero-order valence-corrected chi connectivity index (χ0v) is 13.8. The number of piperazine rings is 1. The van der Waals surface area contributed by atoms with Crippen LogP contribution in [-0.4, -0.2) is 37.6 Å². The van der Waals surface area contributed by atoms with Crippen LogP contribution in [0, 0.1) is 0 Å². The Kier molecular flexibility index (Phi) is 5.14. The fraction of sp³-hybridized carbons (Fsp3) is 0.647. The lowest BCUT2D eigenvalue weighted by atomic mass is 9.96. The molecule has 1 N–H and O–H groups in total. The number of nitrogens with one attached hydrogen (secondary N) is 1. The van der Waals surface area contributed by atoms with E-state index in [1.165, 1.54) is 67.3 Å². The average molecular weight is 337 g/mol. The highest BCUT2D eigenvalue weighted by molar-refractivity contribution is 9.10. The van der Waals surface area contributed by atoms with Gasteiger partial charge in [0.1, 0.15) is 0 Å². The Morgan fingerprint density at radius 1 is 1.15 bits per heavy atom. The van der Waals surface area contributed by atoms with Gasteiger partial charge in [0.15, 0.2) is 0 Å². The SMILES string of the molecule is Brc1cc(CCN2CCNCC2)ccc1C1CCCC1. The number of rotatable bonds is 4. The van der Waals surface area contributed by atoms with Crippen LogP contribution >= 0.6 is 15.9 Å². The molecule has 1 aromatic carbocycles. The number of nitrogens with zero attached hydrogens (tertiary/aromatic N) is 1. The van der Waals surface area contributed by atoms with Crippen LogP contribution in [0.1, 0.15) is 42.7 Å². The molecule has 3 heteroatoms. The van der Waals surface area contributed by atoms with Crippen molar-refractivity contribution in [3.8, 4) is 0 Å². The molecule has 2 aliphatic rings. The maximum absolute atomic E-state index is 3.80. The molecule has 2 fully saturated rings. The summed E-state index contributed by atoms with van der Waals surface area (Å²) in [6.07, 6.45) is 6.73. The molecule has 0 bridgehead atoms. The van der Waals surface area contributed by atoms with Crippen molar-refractivity contribution in [1.29, 1.82) is 0 Å². The molecule has 0 atom stereocenters. The summed E-state index contributed by atoms with van der Waals surface area (Å²) in [6.45, 7) is 5.87. The first-order valence-corrected chi connectivity index (χ1v) is 8.83. The summed E-state index contributed by atoms with van der Waals surface area (Å²) < 4.78 is 1.34. The molecule has 0 unspecified atom stereocenters. The molecule has 1 aliphatic carbocycles. The quantitative estimate of drug-likeness (QED) is 0.904. The van der Waals surface area contributed by atoms with E-state index < -0.39 is 0 Å². The smallest absolute Gasteiger partial charge is 0.0212 e. The van der Waals surface area contributed by atoms with Crippen LogP contribution in [0.4, 0.5) is 0 Å². The Morgan fingerprint density at radius 2 is 1.90 bits per heavy atom. The number of halogens is 1. The summed E-state index contributed by atoms with van der Waals surface area (Å²) in [5, 5.41) is 3.41. The molecule has 1 aliphatic heterocycles. The normalized spacial score (nSPS) is 21.4. The van der Waals surface area contributed by atoms with Crippen LogP contribution in [0.15, 0.2) is 22.7 Å². The second-order valence-electron chi connectivity index (χ2n) is 6.18. The van der Waals surface area contributed by atoms with Crippen molar-refractivity contribution in [2.45, 2.75) is 38.0 Å². The molecule has 3 rings (SSSR count). The molecule has 20 heavy (non-hydrogen) atoms. The van der Waals surface area contributed by atoms with Crippen LogP contribution in [0.2, 0.25) is 0 Å². The molecule has 1 saturated carbocycles. The fourth-order valence-corrected chi connectivity index (χ4v) is 4.27. The predicted molar refractivity (Wildman–Crippen MR) is 88.4 cm³/mol. The maximum Gasteiger partial charge on any atom is 0.0212 e. The summed E-state index contributed by atoms with van der Waals surface area (Å²) in [5.74, 6) is 0.798. The van der Waals surface area contributed by atoms with Gasteiger partial charge in [-0.1, -0.05) is 40.9 Å². The van der Waals surface area contributed by atoms with Gasteiger partial charge in [0, 0.05) is 37.2 Å². The van der Waals surface area contributed by atoms with Gasteiger partial charge in [-0.3, -0.25) is 0 Å². The van der Waals surface area contributed by atoms with Gasteiger partial charge < -0.3 is 10.2 Å².